The van der Waals surface area contributed by atoms with Crippen molar-refractivity contribution >= 4 is 12.1 Å². The lowest BCUT2D eigenvalue weighted by molar-refractivity contribution is -0.174. The van der Waals surface area contributed by atoms with Gasteiger partial charge in [-0.15, -0.1) is 0 Å². The van der Waals surface area contributed by atoms with Crippen LogP contribution in [0.2, 0.25) is 0 Å². The second-order valence-corrected chi connectivity index (χ2v) is 6.56. The fourth-order valence-electron chi connectivity index (χ4n) is 2.66. The molecule has 0 aliphatic carbocycles. The van der Waals surface area contributed by atoms with Crippen LogP contribution in [0.3, 0.4) is 0 Å². The second kappa shape index (κ2) is 10.2. The molecule has 0 saturated carbocycles. The summed E-state index contributed by atoms with van der Waals surface area (Å²) >= 11 is 0. The lowest BCUT2D eigenvalue weighted by Gasteiger charge is -2.33. The van der Waals surface area contributed by atoms with Gasteiger partial charge in [-0.2, -0.15) is 0 Å². The molecule has 1 rings (SSSR count). The van der Waals surface area contributed by atoms with Crippen molar-refractivity contribution < 1.29 is 19.1 Å². The number of cyclic esters (lactones) is 1. The second-order valence-electron chi connectivity index (χ2n) is 6.56. The minimum absolute atomic E-state index is 0.146. The number of hydrogen-bond acceptors (Lipinski definition) is 4. The number of allylic oxidation sites excluding steroid dienone is 4. The summed E-state index contributed by atoms with van der Waals surface area (Å²) in [5, 5.41) is 2.58. The molecule has 0 radical (unpaired) electrons. The topological polar surface area (TPSA) is 64.6 Å². The van der Waals surface area contributed by atoms with Gasteiger partial charge in [-0.05, 0) is 52.4 Å². The molecule has 1 fully saturated rings. The van der Waals surface area contributed by atoms with Gasteiger partial charge in [-0.3, -0.25) is 0 Å². The maximum atomic E-state index is 12.0. The average Bonchev–Trinajstić information content (AvgIpc) is 2.54. The Bertz CT molecular complexity index is 482. The molecule has 0 bridgehead atoms. The van der Waals surface area contributed by atoms with Gasteiger partial charge < -0.3 is 14.8 Å². The first-order valence-electron chi connectivity index (χ1n) is 8.84. The SMILES string of the molecule is C/C=C\C(=C/C)CCCCC(OC(=O)NC1C(=O)OC1C)C(C)C. The zero-order valence-corrected chi connectivity index (χ0v) is 15.5. The predicted octanol–water partition coefficient (Wildman–Crippen LogP) is 4.13. The van der Waals surface area contributed by atoms with Crippen LogP contribution < -0.4 is 5.32 Å². The van der Waals surface area contributed by atoms with E-state index in [1.165, 1.54) is 5.57 Å². The van der Waals surface area contributed by atoms with Gasteiger partial charge in [0, 0.05) is 0 Å². The van der Waals surface area contributed by atoms with Gasteiger partial charge in [0.15, 0.2) is 6.04 Å². The van der Waals surface area contributed by atoms with E-state index in [1.807, 2.05) is 33.8 Å². The number of alkyl carbamates (subject to hydrolysis) is 1. The van der Waals surface area contributed by atoms with Crippen LogP contribution in [0.15, 0.2) is 23.8 Å². The summed E-state index contributed by atoms with van der Waals surface area (Å²) in [6, 6.07) is -0.580. The van der Waals surface area contributed by atoms with Crippen LogP contribution in [0.1, 0.15) is 60.3 Å². The first-order chi connectivity index (χ1) is 11.4. The van der Waals surface area contributed by atoms with Crippen LogP contribution in [-0.2, 0) is 14.3 Å². The Morgan fingerprint density at radius 3 is 2.54 bits per heavy atom. The highest BCUT2D eigenvalue weighted by atomic mass is 16.6. The molecule has 1 aliphatic rings. The van der Waals surface area contributed by atoms with E-state index in [2.05, 4.69) is 17.5 Å². The summed E-state index contributed by atoms with van der Waals surface area (Å²) in [7, 11) is 0. The van der Waals surface area contributed by atoms with Gasteiger partial charge in [-0.1, -0.05) is 37.6 Å². The number of carbonyl (C=O) groups is 2. The number of hydrogen-bond donors (Lipinski definition) is 1. The minimum atomic E-state index is -0.580. The highest BCUT2D eigenvalue weighted by Gasteiger charge is 2.41. The molecule has 1 amide bonds. The Hall–Kier alpha value is -1.78. The Balaban J connectivity index is 2.35. The average molecular weight is 337 g/mol. The fourth-order valence-corrected chi connectivity index (χ4v) is 2.66. The normalized spacial score (nSPS) is 22.2. The number of unbranched alkanes of at least 4 members (excludes halogenated alkanes) is 1. The highest BCUT2D eigenvalue weighted by Crippen LogP contribution is 2.19. The van der Waals surface area contributed by atoms with Crippen LogP contribution in [0.4, 0.5) is 4.79 Å². The summed E-state index contributed by atoms with van der Waals surface area (Å²) in [5.74, 6) is -0.165. The number of amides is 1. The molecule has 1 saturated heterocycles. The Morgan fingerprint density at radius 1 is 1.33 bits per heavy atom. The summed E-state index contributed by atoms with van der Waals surface area (Å²) in [5.41, 5.74) is 1.33. The molecule has 3 atom stereocenters. The van der Waals surface area contributed by atoms with Crippen molar-refractivity contribution in [1.29, 1.82) is 0 Å². The van der Waals surface area contributed by atoms with Crippen LogP contribution in [0.5, 0.6) is 0 Å². The molecule has 0 aromatic carbocycles. The smallest absolute Gasteiger partial charge is 0.408 e. The van der Waals surface area contributed by atoms with Crippen molar-refractivity contribution in [2.45, 2.75) is 78.6 Å². The van der Waals surface area contributed by atoms with E-state index in [9.17, 15) is 9.59 Å². The van der Waals surface area contributed by atoms with Crippen LogP contribution in [0, 0.1) is 5.92 Å². The van der Waals surface area contributed by atoms with Crippen molar-refractivity contribution in [2.24, 2.45) is 5.92 Å². The molecule has 5 nitrogen and oxygen atoms in total. The number of rotatable bonds is 9. The molecule has 0 aromatic rings. The highest BCUT2D eigenvalue weighted by molar-refractivity contribution is 5.86. The first kappa shape index (κ1) is 20.3. The summed E-state index contributed by atoms with van der Waals surface area (Å²) < 4.78 is 10.3. The first-order valence-corrected chi connectivity index (χ1v) is 8.84. The van der Waals surface area contributed by atoms with Gasteiger partial charge in [0.25, 0.3) is 0 Å². The standard InChI is InChI=1S/C19H31NO4/c1-6-10-15(7-2)11-8-9-12-16(13(3)4)24-19(22)20-17-14(5)23-18(17)21/h6-7,10,13-14,16-17H,8-9,11-12H2,1-5H3,(H,20,22)/b10-6-,15-7+. The fraction of sp³-hybridized carbons (Fsp3) is 0.684. The number of ether oxygens (including phenoxy) is 2. The third-order valence-corrected chi connectivity index (χ3v) is 4.26. The lowest BCUT2D eigenvalue weighted by Crippen LogP contribution is -2.59. The molecule has 1 N–H and O–H groups in total. The van der Waals surface area contributed by atoms with E-state index in [4.69, 9.17) is 9.47 Å². The van der Waals surface area contributed by atoms with E-state index >= 15 is 0 Å². The summed E-state index contributed by atoms with van der Waals surface area (Å²) in [6.07, 6.45) is 9.24. The van der Waals surface area contributed by atoms with Crippen molar-refractivity contribution in [1.82, 2.24) is 5.32 Å². The van der Waals surface area contributed by atoms with Gasteiger partial charge in [-0.25, -0.2) is 9.59 Å². The summed E-state index contributed by atoms with van der Waals surface area (Å²) in [6.45, 7) is 9.89. The molecule has 24 heavy (non-hydrogen) atoms. The predicted molar refractivity (Wildman–Crippen MR) is 94.6 cm³/mol. The third kappa shape index (κ3) is 6.38. The number of carbonyl (C=O) groups excluding carboxylic acids is 2. The zero-order valence-electron chi connectivity index (χ0n) is 15.5. The Labute approximate surface area is 145 Å². The zero-order chi connectivity index (χ0) is 18.1. The van der Waals surface area contributed by atoms with Crippen molar-refractivity contribution in [2.75, 3.05) is 0 Å². The van der Waals surface area contributed by atoms with E-state index < -0.39 is 18.1 Å². The van der Waals surface area contributed by atoms with Gasteiger partial charge in [0.1, 0.15) is 12.2 Å². The van der Waals surface area contributed by atoms with Crippen molar-refractivity contribution in [3.8, 4) is 0 Å². The van der Waals surface area contributed by atoms with E-state index in [0.29, 0.717) is 0 Å². The van der Waals surface area contributed by atoms with Crippen LogP contribution in [0.25, 0.3) is 0 Å². The van der Waals surface area contributed by atoms with Crippen molar-refractivity contribution in [3.63, 3.8) is 0 Å². The Kier molecular flexibility index (Phi) is 8.58. The van der Waals surface area contributed by atoms with Gasteiger partial charge in [0.05, 0.1) is 0 Å². The largest absolute Gasteiger partial charge is 0.458 e. The van der Waals surface area contributed by atoms with Crippen LogP contribution >= 0.6 is 0 Å². The molecule has 1 aliphatic heterocycles. The van der Waals surface area contributed by atoms with Crippen LogP contribution in [-0.4, -0.2) is 30.3 Å². The molecular weight excluding hydrogens is 306 g/mol. The quantitative estimate of drug-likeness (QED) is 0.390. The van der Waals surface area contributed by atoms with Gasteiger partial charge in [0.2, 0.25) is 0 Å². The number of nitrogens with one attached hydrogen (secondary N) is 1. The van der Waals surface area contributed by atoms with Crippen molar-refractivity contribution in [3.05, 3.63) is 23.8 Å². The maximum absolute atomic E-state index is 12.0. The van der Waals surface area contributed by atoms with E-state index in [-0.39, 0.29) is 18.1 Å². The third-order valence-electron chi connectivity index (χ3n) is 4.26. The van der Waals surface area contributed by atoms with E-state index in [0.717, 1.165) is 25.7 Å². The molecule has 0 spiro atoms. The maximum Gasteiger partial charge on any atom is 0.408 e. The number of esters is 1. The van der Waals surface area contributed by atoms with E-state index in [1.54, 1.807) is 6.92 Å². The van der Waals surface area contributed by atoms with Gasteiger partial charge >= 0.3 is 12.1 Å². The molecule has 3 unspecified atom stereocenters. The monoisotopic (exact) mass is 337 g/mol. The molecular formula is C19H31NO4. The molecule has 1 heterocycles. The Morgan fingerprint density at radius 2 is 2.04 bits per heavy atom. The molecule has 0 aromatic heterocycles. The minimum Gasteiger partial charge on any atom is -0.458 e. The summed E-state index contributed by atoms with van der Waals surface area (Å²) in [4.78, 5) is 23.2. The molecule has 5 heteroatoms. The lowest BCUT2D eigenvalue weighted by atomic mass is 9.99. The molecule has 136 valence electrons.